The van der Waals surface area contributed by atoms with Crippen LogP contribution in [0.2, 0.25) is 0 Å². The highest BCUT2D eigenvalue weighted by atomic mass is 19.1. The summed E-state index contributed by atoms with van der Waals surface area (Å²) in [6, 6.07) is 8.67. The van der Waals surface area contributed by atoms with Gasteiger partial charge in [-0.05, 0) is 31.3 Å². The van der Waals surface area contributed by atoms with Gasteiger partial charge < -0.3 is 10.1 Å². The van der Waals surface area contributed by atoms with Gasteiger partial charge in [0.05, 0.1) is 5.69 Å². The van der Waals surface area contributed by atoms with E-state index in [2.05, 4.69) is 10.3 Å². The van der Waals surface area contributed by atoms with E-state index in [9.17, 15) is 4.39 Å². The number of fused-ring (bicyclic) bond motifs is 2. The van der Waals surface area contributed by atoms with Crippen LogP contribution in [0.3, 0.4) is 0 Å². The molecule has 0 spiro atoms. The summed E-state index contributed by atoms with van der Waals surface area (Å²) in [5.41, 5.74) is 1.51. The third kappa shape index (κ3) is 2.19. The van der Waals surface area contributed by atoms with Crippen LogP contribution < -0.4 is 10.1 Å². The van der Waals surface area contributed by atoms with Crippen LogP contribution in [0.15, 0.2) is 36.5 Å². The predicted molar refractivity (Wildman–Crippen MR) is 71.1 cm³/mol. The van der Waals surface area contributed by atoms with E-state index in [1.54, 1.807) is 12.3 Å². The number of halogens is 1. The topological polar surface area (TPSA) is 34.2 Å². The van der Waals surface area contributed by atoms with Crippen molar-refractivity contribution in [3.63, 3.8) is 0 Å². The van der Waals surface area contributed by atoms with E-state index in [0.717, 1.165) is 5.69 Å². The molecular weight excluding hydrogens is 243 g/mol. The van der Waals surface area contributed by atoms with Gasteiger partial charge in [-0.3, -0.25) is 4.98 Å². The second-order valence-corrected chi connectivity index (χ2v) is 4.66. The van der Waals surface area contributed by atoms with Crippen molar-refractivity contribution in [1.29, 1.82) is 0 Å². The molecule has 3 nitrogen and oxygen atoms in total. The molecule has 0 saturated carbocycles. The molecule has 1 unspecified atom stereocenters. The molecule has 0 radical (unpaired) electrons. The van der Waals surface area contributed by atoms with Gasteiger partial charge in [0.2, 0.25) is 0 Å². The van der Waals surface area contributed by atoms with Crippen LogP contribution in [0.5, 0.6) is 11.5 Å². The Morgan fingerprint density at radius 1 is 1.32 bits per heavy atom. The van der Waals surface area contributed by atoms with Crippen LogP contribution in [-0.2, 0) is 6.42 Å². The Morgan fingerprint density at radius 3 is 3.00 bits per heavy atom. The van der Waals surface area contributed by atoms with Gasteiger partial charge in [0.15, 0.2) is 0 Å². The van der Waals surface area contributed by atoms with Crippen LogP contribution in [0, 0.1) is 5.82 Å². The number of hydrogen-bond acceptors (Lipinski definition) is 3. The number of likely N-dealkylation sites (N-methyl/N-ethyl adjacent to an activating group) is 1. The minimum absolute atomic E-state index is 0.0253. The number of nitrogens with one attached hydrogen (secondary N) is 1. The van der Waals surface area contributed by atoms with Gasteiger partial charge in [0.1, 0.15) is 17.3 Å². The third-order valence-corrected chi connectivity index (χ3v) is 3.38. The van der Waals surface area contributed by atoms with Gasteiger partial charge in [-0.2, -0.15) is 0 Å². The minimum Gasteiger partial charge on any atom is -0.455 e. The van der Waals surface area contributed by atoms with E-state index in [1.807, 2.05) is 25.2 Å². The van der Waals surface area contributed by atoms with Crippen LogP contribution in [0.1, 0.15) is 17.2 Å². The molecule has 1 aromatic heterocycles. The van der Waals surface area contributed by atoms with E-state index < -0.39 is 0 Å². The van der Waals surface area contributed by atoms with Crippen molar-refractivity contribution in [2.75, 3.05) is 13.6 Å². The van der Waals surface area contributed by atoms with E-state index in [1.165, 1.54) is 6.07 Å². The zero-order chi connectivity index (χ0) is 13.2. The van der Waals surface area contributed by atoms with Crippen molar-refractivity contribution in [2.24, 2.45) is 0 Å². The molecule has 0 aliphatic carbocycles. The Balaban J connectivity index is 2.13. The Morgan fingerprint density at radius 2 is 2.16 bits per heavy atom. The number of rotatable bonds is 2. The minimum atomic E-state index is -0.217. The fraction of sp³-hybridized carbons (Fsp3) is 0.267. The third-order valence-electron chi connectivity index (χ3n) is 3.38. The first kappa shape index (κ1) is 12.1. The zero-order valence-electron chi connectivity index (χ0n) is 10.7. The SMILES string of the molecule is CNCC1Cc2ncccc2Oc2cccc(F)c21. The lowest BCUT2D eigenvalue weighted by atomic mass is 9.93. The summed E-state index contributed by atoms with van der Waals surface area (Å²) in [4.78, 5) is 4.35. The molecule has 0 fully saturated rings. The predicted octanol–water partition coefficient (Wildman–Crippen LogP) is 2.87. The number of aromatic nitrogens is 1. The first-order chi connectivity index (χ1) is 9.29. The van der Waals surface area contributed by atoms with E-state index in [4.69, 9.17) is 4.74 Å². The summed E-state index contributed by atoms with van der Waals surface area (Å²) in [5, 5.41) is 3.11. The molecule has 0 saturated heterocycles. The maximum atomic E-state index is 14.1. The Labute approximate surface area is 111 Å². The van der Waals surface area contributed by atoms with Gasteiger partial charge in [0, 0.05) is 30.6 Å². The molecule has 1 aliphatic rings. The number of pyridine rings is 1. The molecule has 1 aliphatic heterocycles. The largest absolute Gasteiger partial charge is 0.455 e. The molecule has 98 valence electrons. The van der Waals surface area contributed by atoms with Crippen molar-refractivity contribution in [1.82, 2.24) is 10.3 Å². The monoisotopic (exact) mass is 258 g/mol. The lowest BCUT2D eigenvalue weighted by Gasteiger charge is -2.16. The van der Waals surface area contributed by atoms with Gasteiger partial charge in [-0.1, -0.05) is 6.07 Å². The van der Waals surface area contributed by atoms with Crippen LogP contribution in [-0.4, -0.2) is 18.6 Å². The van der Waals surface area contributed by atoms with Crippen molar-refractivity contribution in [2.45, 2.75) is 12.3 Å². The number of ether oxygens (including phenoxy) is 1. The smallest absolute Gasteiger partial charge is 0.148 e. The Bertz CT molecular complexity index is 600. The van der Waals surface area contributed by atoms with Gasteiger partial charge >= 0.3 is 0 Å². The summed E-state index contributed by atoms with van der Waals surface area (Å²) in [7, 11) is 1.87. The second-order valence-electron chi connectivity index (χ2n) is 4.66. The lowest BCUT2D eigenvalue weighted by molar-refractivity contribution is 0.466. The summed E-state index contributed by atoms with van der Waals surface area (Å²) in [5.74, 6) is 1.11. The summed E-state index contributed by atoms with van der Waals surface area (Å²) in [6.45, 7) is 0.688. The standard InChI is InChI=1S/C15H15FN2O/c1-17-9-10-8-12-13(6-3-7-18-12)19-14-5-2-4-11(16)15(10)14/h2-7,10,17H,8-9H2,1H3. The number of benzene rings is 1. The lowest BCUT2D eigenvalue weighted by Crippen LogP contribution is -2.20. The number of nitrogens with zero attached hydrogens (tertiary/aromatic N) is 1. The average molecular weight is 258 g/mol. The molecule has 2 aromatic rings. The fourth-order valence-corrected chi connectivity index (χ4v) is 2.55. The van der Waals surface area contributed by atoms with Gasteiger partial charge in [-0.15, -0.1) is 0 Å². The quantitative estimate of drug-likeness (QED) is 0.899. The van der Waals surface area contributed by atoms with Crippen molar-refractivity contribution in [3.8, 4) is 11.5 Å². The number of hydrogen-bond donors (Lipinski definition) is 1. The van der Waals surface area contributed by atoms with Gasteiger partial charge in [0.25, 0.3) is 0 Å². The summed E-state index contributed by atoms with van der Waals surface area (Å²) >= 11 is 0. The normalized spacial score (nSPS) is 17.1. The molecular formula is C15H15FN2O. The molecule has 1 N–H and O–H groups in total. The van der Waals surface area contributed by atoms with E-state index >= 15 is 0 Å². The van der Waals surface area contributed by atoms with E-state index in [-0.39, 0.29) is 11.7 Å². The highest BCUT2D eigenvalue weighted by Gasteiger charge is 2.26. The van der Waals surface area contributed by atoms with Gasteiger partial charge in [-0.25, -0.2) is 4.39 Å². The zero-order valence-corrected chi connectivity index (χ0v) is 10.7. The Hall–Kier alpha value is -1.94. The second kappa shape index (κ2) is 4.97. The molecule has 1 atom stereocenters. The molecule has 2 heterocycles. The average Bonchev–Trinajstić information content (AvgIpc) is 2.56. The van der Waals surface area contributed by atoms with Crippen LogP contribution in [0.25, 0.3) is 0 Å². The first-order valence-corrected chi connectivity index (χ1v) is 6.34. The summed E-state index contributed by atoms with van der Waals surface area (Å²) in [6.07, 6.45) is 2.41. The highest BCUT2D eigenvalue weighted by molar-refractivity contribution is 5.45. The van der Waals surface area contributed by atoms with Crippen LogP contribution >= 0.6 is 0 Å². The van der Waals surface area contributed by atoms with Crippen LogP contribution in [0.4, 0.5) is 4.39 Å². The maximum absolute atomic E-state index is 14.1. The first-order valence-electron chi connectivity index (χ1n) is 6.34. The molecule has 1 aromatic carbocycles. The Kier molecular flexibility index (Phi) is 3.17. The highest BCUT2D eigenvalue weighted by Crippen LogP contribution is 2.39. The molecule has 0 amide bonds. The van der Waals surface area contributed by atoms with Crippen molar-refractivity contribution >= 4 is 0 Å². The maximum Gasteiger partial charge on any atom is 0.148 e. The van der Waals surface area contributed by atoms with E-state index in [0.29, 0.717) is 30.0 Å². The molecule has 3 rings (SSSR count). The molecule has 4 heteroatoms. The van der Waals surface area contributed by atoms with Crippen molar-refractivity contribution in [3.05, 3.63) is 53.6 Å². The van der Waals surface area contributed by atoms with Crippen molar-refractivity contribution < 1.29 is 9.13 Å². The molecule has 0 bridgehead atoms. The fourth-order valence-electron chi connectivity index (χ4n) is 2.55. The molecule has 19 heavy (non-hydrogen) atoms. The summed E-state index contributed by atoms with van der Waals surface area (Å²) < 4.78 is 19.9.